The number of hydrogen-bond donors (Lipinski definition) is 1. The standard InChI is InChI=1S/C19H23ClN2O4/c1-11(26-17-3-2-15(22(24)25)7-16(17)20)18(23)21-19-8-12-4-13(9-19)6-14(5-12)10-19/h2-3,7,11-14H,4-6,8-10H2,1H3,(H,21,23)/t11-,12?,13?,14?,19?/m0/s1. The Morgan fingerprint density at radius 2 is 1.85 bits per heavy atom. The van der Waals surface area contributed by atoms with E-state index in [0.717, 1.165) is 37.0 Å². The fourth-order valence-corrected chi connectivity index (χ4v) is 5.79. The summed E-state index contributed by atoms with van der Waals surface area (Å²) in [4.78, 5) is 23.0. The maximum Gasteiger partial charge on any atom is 0.271 e. The molecule has 0 aromatic heterocycles. The van der Waals surface area contributed by atoms with E-state index in [0.29, 0.717) is 0 Å². The molecule has 4 bridgehead atoms. The molecule has 0 aliphatic heterocycles. The number of rotatable bonds is 5. The molecule has 0 unspecified atom stereocenters. The minimum Gasteiger partial charge on any atom is -0.479 e. The van der Waals surface area contributed by atoms with Gasteiger partial charge in [0.05, 0.1) is 9.95 Å². The number of hydrogen-bond acceptors (Lipinski definition) is 4. The molecule has 4 aliphatic carbocycles. The van der Waals surface area contributed by atoms with E-state index in [4.69, 9.17) is 16.3 Å². The summed E-state index contributed by atoms with van der Waals surface area (Å²) >= 11 is 6.06. The summed E-state index contributed by atoms with van der Waals surface area (Å²) in [6.07, 6.45) is 6.49. The summed E-state index contributed by atoms with van der Waals surface area (Å²) in [7, 11) is 0. The SMILES string of the molecule is C[C@H](Oc1ccc([N+](=O)[O-])cc1Cl)C(=O)NC12CC3CC(CC(C3)C1)C2. The van der Waals surface area contributed by atoms with Crippen molar-refractivity contribution in [2.45, 2.75) is 57.1 Å². The number of carbonyl (C=O) groups is 1. The number of ether oxygens (including phenoxy) is 1. The van der Waals surface area contributed by atoms with Crippen LogP contribution >= 0.6 is 11.6 Å². The summed E-state index contributed by atoms with van der Waals surface area (Å²) in [5.41, 5.74) is -0.170. The molecule has 140 valence electrons. The summed E-state index contributed by atoms with van der Waals surface area (Å²) in [5.74, 6) is 2.40. The van der Waals surface area contributed by atoms with Crippen molar-refractivity contribution in [3.63, 3.8) is 0 Å². The van der Waals surface area contributed by atoms with Gasteiger partial charge in [0.15, 0.2) is 6.10 Å². The van der Waals surface area contributed by atoms with Gasteiger partial charge in [-0.1, -0.05) is 11.6 Å². The van der Waals surface area contributed by atoms with Crippen LogP contribution < -0.4 is 10.1 Å². The third-order valence-electron chi connectivity index (χ3n) is 6.23. The lowest BCUT2D eigenvalue weighted by atomic mass is 9.53. The molecule has 4 fully saturated rings. The molecular formula is C19H23ClN2O4. The van der Waals surface area contributed by atoms with Crippen LogP contribution in [0.1, 0.15) is 45.4 Å². The molecule has 0 spiro atoms. The van der Waals surface area contributed by atoms with Gasteiger partial charge in [-0.2, -0.15) is 0 Å². The Morgan fingerprint density at radius 1 is 1.27 bits per heavy atom. The minimum absolute atomic E-state index is 0.0667. The van der Waals surface area contributed by atoms with Crippen LogP contribution in [-0.2, 0) is 4.79 Å². The number of nitro benzene ring substituents is 1. The molecule has 1 aromatic carbocycles. The second-order valence-electron chi connectivity index (χ2n) is 8.32. The first kappa shape index (κ1) is 17.6. The number of benzene rings is 1. The first-order chi connectivity index (χ1) is 12.3. The molecular weight excluding hydrogens is 356 g/mol. The maximum atomic E-state index is 12.7. The zero-order valence-corrected chi connectivity index (χ0v) is 15.5. The van der Waals surface area contributed by atoms with Gasteiger partial charge in [-0.25, -0.2) is 0 Å². The van der Waals surface area contributed by atoms with E-state index in [-0.39, 0.29) is 27.9 Å². The molecule has 1 amide bonds. The van der Waals surface area contributed by atoms with E-state index in [1.165, 1.54) is 37.5 Å². The van der Waals surface area contributed by atoms with Crippen molar-refractivity contribution >= 4 is 23.2 Å². The first-order valence-corrected chi connectivity index (χ1v) is 9.64. The molecule has 4 saturated carbocycles. The Morgan fingerprint density at radius 3 is 2.35 bits per heavy atom. The number of halogens is 1. The lowest BCUT2D eigenvalue weighted by molar-refractivity contribution is -0.384. The number of amides is 1. The maximum absolute atomic E-state index is 12.7. The van der Waals surface area contributed by atoms with Gasteiger partial charge < -0.3 is 10.1 Å². The van der Waals surface area contributed by atoms with E-state index in [2.05, 4.69) is 5.32 Å². The molecule has 7 heteroatoms. The van der Waals surface area contributed by atoms with Crippen molar-refractivity contribution < 1.29 is 14.5 Å². The van der Waals surface area contributed by atoms with Crippen molar-refractivity contribution in [3.8, 4) is 5.75 Å². The minimum atomic E-state index is -0.707. The summed E-state index contributed by atoms with van der Waals surface area (Å²) in [6.45, 7) is 1.69. The zero-order valence-electron chi connectivity index (χ0n) is 14.7. The van der Waals surface area contributed by atoms with Crippen molar-refractivity contribution in [2.75, 3.05) is 0 Å². The average molecular weight is 379 g/mol. The number of non-ortho nitro benzene ring substituents is 1. The zero-order chi connectivity index (χ0) is 18.5. The van der Waals surface area contributed by atoms with Crippen LogP contribution in [0.25, 0.3) is 0 Å². The van der Waals surface area contributed by atoms with Crippen LogP contribution in [-0.4, -0.2) is 22.5 Å². The van der Waals surface area contributed by atoms with Crippen molar-refractivity contribution in [1.82, 2.24) is 5.32 Å². The Labute approximate surface area is 157 Å². The predicted octanol–water partition coefficient (Wildman–Crippen LogP) is 4.10. The molecule has 26 heavy (non-hydrogen) atoms. The van der Waals surface area contributed by atoms with Gasteiger partial charge in [0.1, 0.15) is 5.75 Å². The third-order valence-corrected chi connectivity index (χ3v) is 6.52. The van der Waals surface area contributed by atoms with Crippen LogP contribution in [0.4, 0.5) is 5.69 Å². The van der Waals surface area contributed by atoms with Crippen LogP contribution in [0.2, 0.25) is 5.02 Å². The second-order valence-corrected chi connectivity index (χ2v) is 8.73. The van der Waals surface area contributed by atoms with Crippen LogP contribution in [0, 0.1) is 27.9 Å². The number of nitro groups is 1. The number of carbonyl (C=O) groups excluding carboxylic acids is 1. The van der Waals surface area contributed by atoms with Crippen molar-refractivity contribution in [3.05, 3.63) is 33.3 Å². The van der Waals surface area contributed by atoms with Crippen LogP contribution in [0.3, 0.4) is 0 Å². The van der Waals surface area contributed by atoms with Crippen LogP contribution in [0.15, 0.2) is 18.2 Å². The summed E-state index contributed by atoms with van der Waals surface area (Å²) in [5, 5.41) is 14.2. The molecule has 6 nitrogen and oxygen atoms in total. The van der Waals surface area contributed by atoms with E-state index in [1.54, 1.807) is 6.92 Å². The van der Waals surface area contributed by atoms with E-state index in [9.17, 15) is 14.9 Å². The molecule has 1 aromatic rings. The first-order valence-electron chi connectivity index (χ1n) is 9.26. The molecule has 5 rings (SSSR count). The topological polar surface area (TPSA) is 81.5 Å². The van der Waals surface area contributed by atoms with Gasteiger partial charge in [-0.15, -0.1) is 0 Å². The fourth-order valence-electron chi connectivity index (χ4n) is 5.57. The molecule has 0 radical (unpaired) electrons. The largest absolute Gasteiger partial charge is 0.479 e. The smallest absolute Gasteiger partial charge is 0.271 e. The van der Waals surface area contributed by atoms with Gasteiger partial charge in [0, 0.05) is 17.7 Å². The highest BCUT2D eigenvalue weighted by molar-refractivity contribution is 6.32. The van der Waals surface area contributed by atoms with Crippen molar-refractivity contribution in [1.29, 1.82) is 0 Å². The van der Waals surface area contributed by atoms with E-state index < -0.39 is 11.0 Å². The molecule has 1 N–H and O–H groups in total. The monoisotopic (exact) mass is 378 g/mol. The Bertz CT molecular complexity index is 716. The summed E-state index contributed by atoms with van der Waals surface area (Å²) < 4.78 is 5.69. The molecule has 0 saturated heterocycles. The fraction of sp³-hybridized carbons (Fsp3) is 0.632. The number of nitrogens with zero attached hydrogens (tertiary/aromatic N) is 1. The van der Waals surface area contributed by atoms with E-state index >= 15 is 0 Å². The Hall–Kier alpha value is -1.82. The third kappa shape index (κ3) is 3.27. The lowest BCUT2D eigenvalue weighted by Crippen LogP contribution is -2.61. The molecule has 1 atom stereocenters. The summed E-state index contributed by atoms with van der Waals surface area (Å²) in [6, 6.07) is 4.00. The highest BCUT2D eigenvalue weighted by Gasteiger charge is 2.51. The molecule has 0 heterocycles. The normalized spacial score (nSPS) is 32.9. The highest BCUT2D eigenvalue weighted by atomic mass is 35.5. The van der Waals surface area contributed by atoms with Crippen molar-refractivity contribution in [2.24, 2.45) is 17.8 Å². The molecule has 4 aliphatic rings. The number of nitrogens with one attached hydrogen (secondary N) is 1. The van der Waals surface area contributed by atoms with Gasteiger partial charge >= 0.3 is 0 Å². The van der Waals surface area contributed by atoms with Crippen LogP contribution in [0.5, 0.6) is 5.75 Å². The average Bonchev–Trinajstić information content (AvgIpc) is 2.54. The highest BCUT2D eigenvalue weighted by Crippen LogP contribution is 2.55. The Kier molecular flexibility index (Phi) is 4.34. The van der Waals surface area contributed by atoms with Gasteiger partial charge in [0.2, 0.25) is 0 Å². The second kappa shape index (κ2) is 6.41. The van der Waals surface area contributed by atoms with Gasteiger partial charge in [0.25, 0.3) is 11.6 Å². The lowest BCUT2D eigenvalue weighted by Gasteiger charge is -2.57. The predicted molar refractivity (Wildman–Crippen MR) is 97.2 cm³/mol. The Balaban J connectivity index is 1.42. The quantitative estimate of drug-likeness (QED) is 0.617. The van der Waals surface area contributed by atoms with Gasteiger partial charge in [-0.05, 0) is 69.3 Å². The van der Waals surface area contributed by atoms with E-state index in [1.807, 2.05) is 0 Å². The van der Waals surface area contributed by atoms with Gasteiger partial charge in [-0.3, -0.25) is 14.9 Å².